The zero-order valence-electron chi connectivity index (χ0n) is 7.21. The lowest BCUT2D eigenvalue weighted by molar-refractivity contribution is -0.140. The molecule has 0 aromatic heterocycles. The Morgan fingerprint density at radius 1 is 1.64 bits per heavy atom. The standard InChI is InChI=1S/C9H9BrFNO2/c10-7-3-1-2-6(4-7)5-8(12-11)9(13)14/h1-4,8,12H,5H2,(H,13,14)/t8-/m0/s1. The van der Waals surface area contributed by atoms with Crippen molar-refractivity contribution in [2.75, 3.05) is 0 Å². The quantitative estimate of drug-likeness (QED) is 0.815. The summed E-state index contributed by atoms with van der Waals surface area (Å²) in [4.78, 5) is 10.5. The largest absolute Gasteiger partial charge is 0.480 e. The van der Waals surface area contributed by atoms with Crippen molar-refractivity contribution in [1.82, 2.24) is 5.54 Å². The molecule has 0 amide bonds. The van der Waals surface area contributed by atoms with E-state index >= 15 is 0 Å². The molecule has 0 saturated heterocycles. The second kappa shape index (κ2) is 5.07. The Hall–Kier alpha value is -0.940. The predicted octanol–water partition coefficient (Wildman–Crippen LogP) is 1.92. The Labute approximate surface area is 89.0 Å². The van der Waals surface area contributed by atoms with E-state index in [4.69, 9.17) is 5.11 Å². The predicted molar refractivity (Wildman–Crippen MR) is 53.5 cm³/mol. The van der Waals surface area contributed by atoms with Gasteiger partial charge in [0.2, 0.25) is 0 Å². The van der Waals surface area contributed by atoms with Gasteiger partial charge in [-0.25, -0.2) is 0 Å². The highest BCUT2D eigenvalue weighted by atomic mass is 79.9. The van der Waals surface area contributed by atoms with Gasteiger partial charge in [-0.3, -0.25) is 4.79 Å². The fraction of sp³-hybridized carbons (Fsp3) is 0.222. The molecule has 14 heavy (non-hydrogen) atoms. The SMILES string of the molecule is O=C(O)[C@H](Cc1cccc(Br)c1)NF. The van der Waals surface area contributed by atoms with Crippen LogP contribution in [0.5, 0.6) is 0 Å². The van der Waals surface area contributed by atoms with E-state index < -0.39 is 12.0 Å². The number of carboxylic acid groups (broad SMARTS) is 1. The zero-order chi connectivity index (χ0) is 10.6. The third-order valence-electron chi connectivity index (χ3n) is 1.76. The first-order valence-electron chi connectivity index (χ1n) is 3.97. The molecule has 3 nitrogen and oxygen atoms in total. The van der Waals surface area contributed by atoms with Gasteiger partial charge in [-0.2, -0.15) is 0 Å². The average Bonchev–Trinajstić information content (AvgIpc) is 2.14. The summed E-state index contributed by atoms with van der Waals surface area (Å²) in [5.41, 5.74) is 2.02. The molecule has 0 bridgehead atoms. The van der Waals surface area contributed by atoms with Gasteiger partial charge in [0.05, 0.1) is 0 Å². The van der Waals surface area contributed by atoms with Crippen molar-refractivity contribution in [3.05, 3.63) is 34.3 Å². The van der Waals surface area contributed by atoms with Gasteiger partial charge in [0, 0.05) is 10.9 Å². The second-order valence-electron chi connectivity index (χ2n) is 2.83. The first kappa shape index (κ1) is 11.1. The average molecular weight is 262 g/mol. The van der Waals surface area contributed by atoms with Crippen LogP contribution in [0.3, 0.4) is 0 Å². The summed E-state index contributed by atoms with van der Waals surface area (Å²) in [6, 6.07) is 5.91. The Bertz CT molecular complexity index is 332. The minimum Gasteiger partial charge on any atom is -0.480 e. The fourth-order valence-corrected chi connectivity index (χ4v) is 1.52. The van der Waals surface area contributed by atoms with E-state index in [9.17, 15) is 9.28 Å². The van der Waals surface area contributed by atoms with Gasteiger partial charge in [0.25, 0.3) is 0 Å². The summed E-state index contributed by atoms with van der Waals surface area (Å²) >= 11 is 3.25. The van der Waals surface area contributed by atoms with E-state index in [2.05, 4.69) is 15.9 Å². The molecule has 1 atom stereocenters. The van der Waals surface area contributed by atoms with E-state index in [0.29, 0.717) is 0 Å². The lowest BCUT2D eigenvalue weighted by Crippen LogP contribution is -2.33. The number of halogens is 2. The summed E-state index contributed by atoms with van der Waals surface area (Å²) in [5, 5.41) is 8.59. The molecule has 5 heteroatoms. The minimum atomic E-state index is -1.20. The van der Waals surface area contributed by atoms with Crippen molar-refractivity contribution in [2.24, 2.45) is 0 Å². The van der Waals surface area contributed by atoms with E-state index in [1.54, 1.807) is 18.2 Å². The first-order chi connectivity index (χ1) is 6.63. The maximum atomic E-state index is 12.1. The molecule has 1 aromatic rings. The third kappa shape index (κ3) is 3.08. The van der Waals surface area contributed by atoms with Gasteiger partial charge < -0.3 is 5.11 Å². The van der Waals surface area contributed by atoms with Gasteiger partial charge in [0.15, 0.2) is 0 Å². The summed E-state index contributed by atoms with van der Waals surface area (Å²) in [5.74, 6) is -1.20. The molecule has 0 aliphatic rings. The van der Waals surface area contributed by atoms with Crippen LogP contribution >= 0.6 is 15.9 Å². The lowest BCUT2D eigenvalue weighted by Gasteiger charge is -2.08. The first-order valence-corrected chi connectivity index (χ1v) is 4.76. The van der Waals surface area contributed by atoms with Gasteiger partial charge in [-0.1, -0.05) is 28.1 Å². The van der Waals surface area contributed by atoms with Crippen LogP contribution in [0.25, 0.3) is 0 Å². The van der Waals surface area contributed by atoms with Crippen LogP contribution in [0.15, 0.2) is 28.7 Å². The molecule has 76 valence electrons. The summed E-state index contributed by atoms with van der Waals surface area (Å²) < 4.78 is 12.9. The number of carboxylic acids is 1. The monoisotopic (exact) mass is 261 g/mol. The van der Waals surface area contributed by atoms with Gasteiger partial charge in [-0.05, 0) is 17.7 Å². The van der Waals surface area contributed by atoms with Crippen molar-refractivity contribution in [3.63, 3.8) is 0 Å². The number of hydrogen-bond donors (Lipinski definition) is 2. The second-order valence-corrected chi connectivity index (χ2v) is 3.75. The molecule has 0 unspecified atom stereocenters. The van der Waals surface area contributed by atoms with E-state index in [0.717, 1.165) is 10.0 Å². The van der Waals surface area contributed by atoms with Crippen molar-refractivity contribution < 1.29 is 14.4 Å². The Kier molecular flexibility index (Phi) is 4.03. The maximum Gasteiger partial charge on any atom is 0.323 e. The normalized spacial score (nSPS) is 12.4. The van der Waals surface area contributed by atoms with Crippen LogP contribution < -0.4 is 5.54 Å². The van der Waals surface area contributed by atoms with E-state index in [1.165, 1.54) is 5.54 Å². The minimum absolute atomic E-state index is 0.116. The number of rotatable bonds is 4. The molecule has 0 saturated carbocycles. The van der Waals surface area contributed by atoms with Crippen LogP contribution in [0.4, 0.5) is 4.48 Å². The highest BCUT2D eigenvalue weighted by Gasteiger charge is 2.17. The van der Waals surface area contributed by atoms with Gasteiger partial charge in [-0.15, -0.1) is 10.0 Å². The molecular weight excluding hydrogens is 253 g/mol. The molecule has 0 spiro atoms. The molecule has 0 aliphatic heterocycles. The van der Waals surface area contributed by atoms with Crippen molar-refractivity contribution in [3.8, 4) is 0 Å². The number of benzene rings is 1. The zero-order valence-corrected chi connectivity index (χ0v) is 8.79. The van der Waals surface area contributed by atoms with Crippen LogP contribution in [0.1, 0.15) is 5.56 Å². The van der Waals surface area contributed by atoms with Crippen LogP contribution in [-0.4, -0.2) is 17.1 Å². The Morgan fingerprint density at radius 3 is 2.86 bits per heavy atom. The van der Waals surface area contributed by atoms with Crippen molar-refractivity contribution in [2.45, 2.75) is 12.5 Å². The topological polar surface area (TPSA) is 49.3 Å². The van der Waals surface area contributed by atoms with Crippen molar-refractivity contribution in [1.29, 1.82) is 0 Å². The molecule has 1 aromatic carbocycles. The molecule has 0 heterocycles. The summed E-state index contributed by atoms with van der Waals surface area (Å²) in [6.45, 7) is 0. The third-order valence-corrected chi connectivity index (χ3v) is 2.25. The number of nitrogens with one attached hydrogen (secondary N) is 1. The summed E-state index contributed by atoms with van der Waals surface area (Å²) in [7, 11) is 0. The number of carbonyl (C=O) groups is 1. The molecule has 1 rings (SSSR count). The molecule has 2 N–H and O–H groups in total. The Balaban J connectivity index is 2.72. The lowest BCUT2D eigenvalue weighted by atomic mass is 10.1. The van der Waals surface area contributed by atoms with Gasteiger partial charge >= 0.3 is 5.97 Å². The molecular formula is C9H9BrFNO2. The van der Waals surface area contributed by atoms with Gasteiger partial charge in [0.1, 0.15) is 6.04 Å². The highest BCUT2D eigenvalue weighted by Crippen LogP contribution is 2.13. The highest BCUT2D eigenvalue weighted by molar-refractivity contribution is 9.10. The van der Waals surface area contributed by atoms with E-state index in [1.807, 2.05) is 6.07 Å². The van der Waals surface area contributed by atoms with Crippen molar-refractivity contribution >= 4 is 21.9 Å². The maximum absolute atomic E-state index is 12.1. The molecule has 0 fully saturated rings. The Morgan fingerprint density at radius 2 is 2.36 bits per heavy atom. The number of hydrogen-bond acceptors (Lipinski definition) is 2. The smallest absolute Gasteiger partial charge is 0.323 e. The van der Waals surface area contributed by atoms with E-state index in [-0.39, 0.29) is 6.42 Å². The summed E-state index contributed by atoms with van der Waals surface area (Å²) in [6.07, 6.45) is 0.116. The molecule has 0 radical (unpaired) electrons. The van der Waals surface area contributed by atoms with Crippen LogP contribution in [0, 0.1) is 0 Å². The van der Waals surface area contributed by atoms with Crippen LogP contribution in [0.2, 0.25) is 0 Å². The molecule has 0 aliphatic carbocycles. The number of aliphatic carboxylic acids is 1. The fourth-order valence-electron chi connectivity index (χ4n) is 1.07. The van der Waals surface area contributed by atoms with Crippen LogP contribution in [-0.2, 0) is 11.2 Å².